The number of nitrogens with zero attached hydrogens (tertiary/aromatic N) is 3. The monoisotopic (exact) mass is 436 g/mol. The molecule has 1 fully saturated rings. The summed E-state index contributed by atoms with van der Waals surface area (Å²) in [4.78, 5) is 13.0. The summed E-state index contributed by atoms with van der Waals surface area (Å²) in [5.74, 6) is 1.28. The van der Waals surface area contributed by atoms with Gasteiger partial charge in [0.2, 0.25) is 0 Å². The van der Waals surface area contributed by atoms with Gasteiger partial charge in [0.15, 0.2) is 5.69 Å². The molecule has 1 aliphatic heterocycles. The van der Waals surface area contributed by atoms with Gasteiger partial charge in [0.1, 0.15) is 11.5 Å². The van der Waals surface area contributed by atoms with E-state index in [-0.39, 0.29) is 11.3 Å². The van der Waals surface area contributed by atoms with Crippen molar-refractivity contribution < 1.29 is 19.0 Å². The maximum absolute atomic E-state index is 13.0. The van der Waals surface area contributed by atoms with Crippen LogP contribution in [0.2, 0.25) is 0 Å². The van der Waals surface area contributed by atoms with E-state index in [1.165, 1.54) is 5.56 Å². The average Bonchev–Trinajstić information content (AvgIpc) is 3.24. The first-order chi connectivity index (χ1) is 15.6. The number of ether oxygens (including phenoxy) is 3. The highest BCUT2D eigenvalue weighted by atomic mass is 16.5. The number of hydrogen-bond donors (Lipinski definition) is 1. The Balaban J connectivity index is 1.53. The summed E-state index contributed by atoms with van der Waals surface area (Å²) in [5.41, 5.74) is 2.73. The minimum atomic E-state index is -0.240. The molecule has 2 heterocycles. The van der Waals surface area contributed by atoms with E-state index in [0.717, 1.165) is 24.3 Å². The van der Waals surface area contributed by atoms with Crippen LogP contribution < -0.4 is 14.8 Å². The minimum absolute atomic E-state index is 0.198. The van der Waals surface area contributed by atoms with Crippen LogP contribution >= 0.6 is 0 Å². The van der Waals surface area contributed by atoms with Crippen molar-refractivity contribution in [2.45, 2.75) is 25.2 Å². The van der Waals surface area contributed by atoms with Gasteiger partial charge >= 0.3 is 0 Å². The maximum atomic E-state index is 13.0. The van der Waals surface area contributed by atoms with Gasteiger partial charge in [0.05, 0.1) is 25.6 Å². The second-order valence-corrected chi connectivity index (χ2v) is 7.94. The molecule has 0 saturated carbocycles. The molecule has 0 bridgehead atoms. The van der Waals surface area contributed by atoms with Crippen molar-refractivity contribution in [1.29, 1.82) is 0 Å². The first-order valence-electron chi connectivity index (χ1n) is 10.6. The highest BCUT2D eigenvalue weighted by molar-refractivity contribution is 5.93. The summed E-state index contributed by atoms with van der Waals surface area (Å²) in [7, 11) is 3.27. The fraction of sp³-hybridized carbons (Fsp3) is 0.375. The third-order valence-electron chi connectivity index (χ3n) is 6.15. The SMILES string of the molecule is COc1ccc(C2(CNC(=O)c3nnn(-c4cccc(OC)c4)c3C)CCOCC2)cc1. The maximum Gasteiger partial charge on any atom is 0.273 e. The van der Waals surface area contributed by atoms with Crippen molar-refractivity contribution in [3.05, 3.63) is 65.5 Å². The zero-order chi connectivity index (χ0) is 22.6. The van der Waals surface area contributed by atoms with Gasteiger partial charge in [-0.15, -0.1) is 5.10 Å². The lowest BCUT2D eigenvalue weighted by Crippen LogP contribution is -2.44. The molecule has 168 valence electrons. The van der Waals surface area contributed by atoms with Crippen LogP contribution in [0.5, 0.6) is 11.5 Å². The number of benzene rings is 2. The smallest absolute Gasteiger partial charge is 0.273 e. The van der Waals surface area contributed by atoms with Crippen LogP contribution in [0.3, 0.4) is 0 Å². The molecule has 0 radical (unpaired) electrons. The van der Waals surface area contributed by atoms with Gasteiger partial charge < -0.3 is 19.5 Å². The molecular weight excluding hydrogens is 408 g/mol. The van der Waals surface area contributed by atoms with Gasteiger partial charge in [0, 0.05) is 31.2 Å². The van der Waals surface area contributed by atoms with Crippen LogP contribution in [0.15, 0.2) is 48.5 Å². The molecule has 8 heteroatoms. The summed E-state index contributed by atoms with van der Waals surface area (Å²) in [6.07, 6.45) is 1.66. The molecule has 4 rings (SSSR count). The second-order valence-electron chi connectivity index (χ2n) is 7.94. The predicted molar refractivity (Wildman–Crippen MR) is 120 cm³/mol. The molecule has 1 aliphatic rings. The second kappa shape index (κ2) is 9.40. The molecule has 0 aliphatic carbocycles. The summed E-state index contributed by atoms with van der Waals surface area (Å²) in [6.45, 7) is 3.65. The van der Waals surface area contributed by atoms with Gasteiger partial charge in [-0.3, -0.25) is 4.79 Å². The normalized spacial score (nSPS) is 15.2. The molecule has 1 N–H and O–H groups in total. The van der Waals surface area contributed by atoms with Crippen molar-refractivity contribution in [3.8, 4) is 17.2 Å². The average molecular weight is 437 g/mol. The van der Waals surface area contributed by atoms with Crippen LogP contribution in [0.1, 0.15) is 34.6 Å². The fourth-order valence-corrected chi connectivity index (χ4v) is 4.13. The molecule has 1 aromatic heterocycles. The largest absolute Gasteiger partial charge is 0.497 e. The van der Waals surface area contributed by atoms with E-state index in [0.29, 0.717) is 36.9 Å². The van der Waals surface area contributed by atoms with E-state index in [9.17, 15) is 4.79 Å². The van der Waals surface area contributed by atoms with E-state index in [1.807, 2.05) is 43.3 Å². The van der Waals surface area contributed by atoms with E-state index in [4.69, 9.17) is 14.2 Å². The number of amides is 1. The van der Waals surface area contributed by atoms with Crippen molar-refractivity contribution >= 4 is 5.91 Å². The van der Waals surface area contributed by atoms with E-state index >= 15 is 0 Å². The van der Waals surface area contributed by atoms with Crippen molar-refractivity contribution in [2.24, 2.45) is 0 Å². The molecule has 0 atom stereocenters. The summed E-state index contributed by atoms with van der Waals surface area (Å²) >= 11 is 0. The van der Waals surface area contributed by atoms with Gasteiger partial charge in [-0.05, 0) is 49.6 Å². The van der Waals surface area contributed by atoms with Crippen LogP contribution in [-0.4, -0.2) is 54.9 Å². The molecule has 3 aromatic rings. The number of methoxy groups -OCH3 is 2. The number of carbonyl (C=O) groups excluding carboxylic acids is 1. The van der Waals surface area contributed by atoms with E-state index in [1.54, 1.807) is 18.9 Å². The highest BCUT2D eigenvalue weighted by Crippen LogP contribution is 2.35. The van der Waals surface area contributed by atoms with Crippen LogP contribution in [0.25, 0.3) is 5.69 Å². The lowest BCUT2D eigenvalue weighted by molar-refractivity contribution is 0.0486. The first kappa shape index (κ1) is 21.8. The van der Waals surface area contributed by atoms with E-state index < -0.39 is 0 Å². The molecule has 2 aromatic carbocycles. The third kappa shape index (κ3) is 4.31. The standard InChI is InChI=1S/C24H28N4O4/c1-17-22(26-27-28(17)19-5-4-6-21(15-19)31-3)23(29)25-16-24(11-13-32-14-12-24)18-7-9-20(30-2)10-8-18/h4-10,15H,11-14,16H2,1-3H3,(H,25,29). The Kier molecular flexibility index (Phi) is 6.41. The van der Waals surface area contributed by atoms with Gasteiger partial charge in [0.25, 0.3) is 5.91 Å². The van der Waals surface area contributed by atoms with Crippen molar-refractivity contribution in [1.82, 2.24) is 20.3 Å². The molecule has 0 spiro atoms. The third-order valence-corrected chi connectivity index (χ3v) is 6.15. The predicted octanol–water partition coefficient (Wildman–Crippen LogP) is 3.07. The fourth-order valence-electron chi connectivity index (χ4n) is 4.13. The van der Waals surface area contributed by atoms with Crippen LogP contribution in [0, 0.1) is 6.92 Å². The number of nitrogens with one attached hydrogen (secondary N) is 1. The molecule has 1 saturated heterocycles. The number of hydrogen-bond acceptors (Lipinski definition) is 6. The summed E-state index contributed by atoms with van der Waals surface area (Å²) in [5, 5.41) is 11.4. The Morgan fingerprint density at radius 3 is 2.50 bits per heavy atom. The molecular formula is C24H28N4O4. The van der Waals surface area contributed by atoms with Crippen LogP contribution in [-0.2, 0) is 10.2 Å². The molecule has 8 nitrogen and oxygen atoms in total. The quantitative estimate of drug-likeness (QED) is 0.613. The zero-order valence-electron chi connectivity index (χ0n) is 18.6. The Bertz CT molecular complexity index is 1070. The Morgan fingerprint density at radius 2 is 1.81 bits per heavy atom. The van der Waals surface area contributed by atoms with E-state index in [2.05, 4.69) is 27.8 Å². The molecule has 0 unspecified atom stereocenters. The first-order valence-corrected chi connectivity index (χ1v) is 10.6. The number of rotatable bonds is 7. The lowest BCUT2D eigenvalue weighted by Gasteiger charge is -2.38. The van der Waals surface area contributed by atoms with Gasteiger partial charge in [-0.25, -0.2) is 4.68 Å². The Morgan fingerprint density at radius 1 is 1.09 bits per heavy atom. The minimum Gasteiger partial charge on any atom is -0.497 e. The highest BCUT2D eigenvalue weighted by Gasteiger charge is 2.35. The van der Waals surface area contributed by atoms with Crippen molar-refractivity contribution in [3.63, 3.8) is 0 Å². The lowest BCUT2D eigenvalue weighted by atomic mass is 9.74. The molecule has 32 heavy (non-hydrogen) atoms. The number of carbonyl (C=O) groups is 1. The Hall–Kier alpha value is -3.39. The molecule has 1 amide bonds. The van der Waals surface area contributed by atoms with Gasteiger partial charge in [-0.2, -0.15) is 0 Å². The zero-order valence-corrected chi connectivity index (χ0v) is 18.6. The van der Waals surface area contributed by atoms with Gasteiger partial charge in [-0.1, -0.05) is 23.4 Å². The Labute approximate surface area is 187 Å². The van der Waals surface area contributed by atoms with Crippen molar-refractivity contribution in [2.75, 3.05) is 34.0 Å². The summed E-state index contributed by atoms with van der Waals surface area (Å²) < 4.78 is 17.8. The summed E-state index contributed by atoms with van der Waals surface area (Å²) in [6, 6.07) is 15.5. The topological polar surface area (TPSA) is 87.5 Å². The van der Waals surface area contributed by atoms with Crippen LogP contribution in [0.4, 0.5) is 0 Å². The number of aromatic nitrogens is 3.